The number of carbonyl (C=O) groups excluding carboxylic acids is 2. The molecule has 138 valence electrons. The molecule has 2 aromatic carbocycles. The van der Waals surface area contributed by atoms with Gasteiger partial charge in [-0.25, -0.2) is 4.79 Å². The third kappa shape index (κ3) is 4.68. The van der Waals surface area contributed by atoms with Crippen LogP contribution in [-0.2, 0) is 9.53 Å². The summed E-state index contributed by atoms with van der Waals surface area (Å²) < 4.78 is 5.16. The predicted octanol–water partition coefficient (Wildman–Crippen LogP) is 4.43. The summed E-state index contributed by atoms with van der Waals surface area (Å²) in [4.78, 5) is 24.5. The molecule has 2 aromatic rings. The summed E-state index contributed by atoms with van der Waals surface area (Å²) >= 11 is 12.0. The molecule has 0 unspecified atom stereocenters. The molecule has 2 rings (SSSR count). The zero-order valence-electron chi connectivity index (χ0n) is 14.5. The molecule has 26 heavy (non-hydrogen) atoms. The van der Waals surface area contributed by atoms with E-state index in [9.17, 15) is 14.7 Å². The number of benzene rings is 2. The lowest BCUT2D eigenvalue weighted by atomic mass is 10.1. The summed E-state index contributed by atoms with van der Waals surface area (Å²) in [6, 6.07) is 9.31. The van der Waals surface area contributed by atoms with Gasteiger partial charge in [0.15, 0.2) is 6.10 Å². The Morgan fingerprint density at radius 2 is 1.85 bits per heavy atom. The predicted molar refractivity (Wildman–Crippen MR) is 101 cm³/mol. The molecule has 0 aromatic heterocycles. The summed E-state index contributed by atoms with van der Waals surface area (Å²) in [5.41, 5.74) is 1.25. The van der Waals surface area contributed by atoms with E-state index in [-0.39, 0.29) is 11.3 Å². The number of para-hydroxylation sites is 1. The number of halogens is 2. The molecule has 0 saturated heterocycles. The van der Waals surface area contributed by atoms with Crippen molar-refractivity contribution in [3.8, 4) is 5.75 Å². The molecule has 0 aliphatic heterocycles. The molecule has 0 radical (unpaired) electrons. The van der Waals surface area contributed by atoms with Gasteiger partial charge in [0.05, 0.1) is 6.04 Å². The van der Waals surface area contributed by atoms with Gasteiger partial charge in [-0.05, 0) is 50.1 Å². The van der Waals surface area contributed by atoms with Gasteiger partial charge >= 0.3 is 5.97 Å². The largest absolute Gasteiger partial charge is 0.507 e. The van der Waals surface area contributed by atoms with Crippen molar-refractivity contribution in [2.75, 3.05) is 0 Å². The highest BCUT2D eigenvalue weighted by molar-refractivity contribution is 6.35. The van der Waals surface area contributed by atoms with Crippen LogP contribution in [-0.4, -0.2) is 23.1 Å². The SMILES string of the molecule is Cc1cccc(C(=O)O[C@@H](C)C(=O)N[C@@H](C)c2ccc(Cl)cc2Cl)c1O. The molecule has 0 heterocycles. The molecular weight excluding hydrogens is 377 g/mol. The van der Waals surface area contributed by atoms with E-state index in [2.05, 4.69) is 5.32 Å². The van der Waals surface area contributed by atoms with Crippen LogP contribution >= 0.6 is 23.2 Å². The van der Waals surface area contributed by atoms with Gasteiger partial charge in [0.2, 0.25) is 0 Å². The number of aryl methyl sites for hydroxylation is 1. The maximum Gasteiger partial charge on any atom is 0.342 e. The number of phenolic OH excluding ortho intramolecular Hbond substituents is 1. The Kier molecular flexibility index (Phi) is 6.51. The quantitative estimate of drug-likeness (QED) is 0.734. The average molecular weight is 396 g/mol. The van der Waals surface area contributed by atoms with Gasteiger partial charge in [-0.3, -0.25) is 4.79 Å². The Morgan fingerprint density at radius 3 is 2.50 bits per heavy atom. The average Bonchev–Trinajstić information content (AvgIpc) is 2.56. The highest BCUT2D eigenvalue weighted by Gasteiger charge is 2.23. The fourth-order valence-corrected chi connectivity index (χ4v) is 2.93. The number of nitrogens with one attached hydrogen (secondary N) is 1. The molecular formula is C19H19Cl2NO4. The highest BCUT2D eigenvalue weighted by Crippen LogP contribution is 2.26. The van der Waals surface area contributed by atoms with Gasteiger partial charge in [0, 0.05) is 10.0 Å². The lowest BCUT2D eigenvalue weighted by molar-refractivity contribution is -0.129. The zero-order valence-corrected chi connectivity index (χ0v) is 16.1. The number of amides is 1. The molecule has 2 N–H and O–H groups in total. The van der Waals surface area contributed by atoms with Crippen LogP contribution in [0.5, 0.6) is 5.75 Å². The van der Waals surface area contributed by atoms with Crippen molar-refractivity contribution in [3.63, 3.8) is 0 Å². The summed E-state index contributed by atoms with van der Waals surface area (Å²) in [5.74, 6) is -1.42. The minimum Gasteiger partial charge on any atom is -0.507 e. The van der Waals surface area contributed by atoms with E-state index < -0.39 is 24.0 Å². The van der Waals surface area contributed by atoms with E-state index in [0.717, 1.165) is 0 Å². The number of rotatable bonds is 5. The van der Waals surface area contributed by atoms with Gasteiger partial charge in [-0.1, -0.05) is 41.4 Å². The topological polar surface area (TPSA) is 75.6 Å². The molecule has 1 amide bonds. The number of hydrogen-bond donors (Lipinski definition) is 2. The lowest BCUT2D eigenvalue weighted by Crippen LogP contribution is -2.37. The van der Waals surface area contributed by atoms with Gasteiger partial charge in [-0.15, -0.1) is 0 Å². The molecule has 0 aliphatic carbocycles. The first-order valence-corrected chi connectivity index (χ1v) is 8.71. The minimum absolute atomic E-state index is 0.0124. The van der Waals surface area contributed by atoms with Crippen molar-refractivity contribution in [3.05, 3.63) is 63.1 Å². The van der Waals surface area contributed by atoms with Crippen LogP contribution in [0.4, 0.5) is 0 Å². The minimum atomic E-state index is -1.05. The van der Waals surface area contributed by atoms with E-state index >= 15 is 0 Å². The zero-order chi connectivity index (χ0) is 19.4. The van der Waals surface area contributed by atoms with E-state index in [1.807, 2.05) is 0 Å². The Bertz CT molecular complexity index is 838. The van der Waals surface area contributed by atoms with Gasteiger partial charge in [-0.2, -0.15) is 0 Å². The third-order valence-corrected chi connectivity index (χ3v) is 4.46. The standard InChI is InChI=1S/C19H19Cl2NO4/c1-10-5-4-6-15(17(10)23)19(25)26-12(3)18(24)22-11(2)14-8-7-13(20)9-16(14)21/h4-9,11-12,23H,1-3H3,(H,22,24)/t11-,12-/m0/s1. The second-order valence-corrected chi connectivity index (χ2v) is 6.76. The molecule has 5 nitrogen and oxygen atoms in total. The van der Waals surface area contributed by atoms with E-state index in [1.54, 1.807) is 44.2 Å². The molecule has 0 aliphatic rings. The van der Waals surface area contributed by atoms with E-state index in [0.29, 0.717) is 21.2 Å². The molecule has 0 spiro atoms. The molecule has 7 heteroatoms. The van der Waals surface area contributed by atoms with Crippen LogP contribution < -0.4 is 5.32 Å². The lowest BCUT2D eigenvalue weighted by Gasteiger charge is -2.19. The molecule has 0 saturated carbocycles. The fourth-order valence-electron chi connectivity index (χ4n) is 2.36. The van der Waals surface area contributed by atoms with Crippen molar-refractivity contribution in [2.24, 2.45) is 0 Å². The van der Waals surface area contributed by atoms with Crippen LogP contribution in [0.3, 0.4) is 0 Å². The van der Waals surface area contributed by atoms with Crippen LogP contribution in [0.1, 0.15) is 41.4 Å². The van der Waals surface area contributed by atoms with Crippen molar-refractivity contribution in [1.82, 2.24) is 5.32 Å². The first-order valence-electron chi connectivity index (χ1n) is 7.95. The van der Waals surface area contributed by atoms with Gasteiger partial charge in [0.1, 0.15) is 11.3 Å². The highest BCUT2D eigenvalue weighted by atomic mass is 35.5. The summed E-state index contributed by atoms with van der Waals surface area (Å²) in [7, 11) is 0. The van der Waals surface area contributed by atoms with Gasteiger partial charge in [0.25, 0.3) is 5.91 Å². The number of phenols is 1. The summed E-state index contributed by atoms with van der Waals surface area (Å²) in [6.45, 7) is 4.88. The number of hydrogen-bond acceptors (Lipinski definition) is 4. The molecule has 2 atom stereocenters. The number of carbonyl (C=O) groups is 2. The summed E-state index contributed by atoms with van der Waals surface area (Å²) in [5, 5.41) is 13.6. The monoisotopic (exact) mass is 395 g/mol. The van der Waals surface area contributed by atoms with Crippen molar-refractivity contribution in [2.45, 2.75) is 32.9 Å². The van der Waals surface area contributed by atoms with Crippen LogP contribution in [0.2, 0.25) is 10.0 Å². The number of esters is 1. The normalized spacial score (nSPS) is 13.0. The maximum absolute atomic E-state index is 12.3. The fraction of sp³-hybridized carbons (Fsp3) is 0.263. The van der Waals surface area contributed by atoms with Crippen molar-refractivity contribution < 1.29 is 19.4 Å². The van der Waals surface area contributed by atoms with E-state index in [4.69, 9.17) is 27.9 Å². The molecule has 0 fully saturated rings. The second-order valence-electron chi connectivity index (χ2n) is 5.91. The Balaban J connectivity index is 2.03. The third-order valence-electron chi connectivity index (χ3n) is 3.90. The Labute approximate surface area is 161 Å². The Morgan fingerprint density at radius 1 is 1.15 bits per heavy atom. The van der Waals surface area contributed by atoms with Gasteiger partial charge < -0.3 is 15.2 Å². The van der Waals surface area contributed by atoms with Crippen LogP contribution in [0, 0.1) is 6.92 Å². The second kappa shape index (κ2) is 8.43. The van der Waals surface area contributed by atoms with Crippen molar-refractivity contribution in [1.29, 1.82) is 0 Å². The van der Waals surface area contributed by atoms with Crippen molar-refractivity contribution >= 4 is 35.1 Å². The summed E-state index contributed by atoms with van der Waals surface area (Å²) in [6.07, 6.45) is -1.05. The van der Waals surface area contributed by atoms with Crippen LogP contribution in [0.25, 0.3) is 0 Å². The van der Waals surface area contributed by atoms with Crippen LogP contribution in [0.15, 0.2) is 36.4 Å². The maximum atomic E-state index is 12.3. The Hall–Kier alpha value is -2.24. The smallest absolute Gasteiger partial charge is 0.342 e. The first-order chi connectivity index (χ1) is 12.2. The van der Waals surface area contributed by atoms with E-state index in [1.165, 1.54) is 13.0 Å². The number of ether oxygens (including phenoxy) is 1. The number of aromatic hydroxyl groups is 1. The molecule has 0 bridgehead atoms. The first kappa shape index (κ1) is 20.1.